The van der Waals surface area contributed by atoms with Crippen LogP contribution >= 0.6 is 12.4 Å². The number of benzene rings is 2. The molecule has 1 aliphatic rings. The van der Waals surface area contributed by atoms with Crippen molar-refractivity contribution in [1.29, 1.82) is 0 Å². The van der Waals surface area contributed by atoms with Crippen LogP contribution in [0, 0.1) is 0 Å². The molecule has 0 radical (unpaired) electrons. The fourth-order valence-corrected chi connectivity index (χ4v) is 4.06. The van der Waals surface area contributed by atoms with E-state index < -0.39 is 30.1 Å². The molecule has 0 aromatic heterocycles. The number of carboxylic acids is 1. The van der Waals surface area contributed by atoms with Crippen molar-refractivity contribution in [3.63, 3.8) is 0 Å². The van der Waals surface area contributed by atoms with Crippen molar-refractivity contribution >= 4 is 30.3 Å². The minimum absolute atomic E-state index is 0. The lowest BCUT2D eigenvalue weighted by molar-refractivity contribution is -0.153. The predicted octanol–water partition coefficient (Wildman–Crippen LogP) is 2.99. The number of fused-ring (bicyclic) bond motifs is 1. The standard InChI is InChI=1S/C25H30N2O5.ClH/c1-3-32-25(31)21(14-13-18-9-5-4-6-10-18)26-17(2)23(28)27-16-20-12-8-7-11-19(20)15-22(27)24(29)30;/h4-12,17,21-22,26H,3,13-16H2,1-2H3,(H,29,30);1H/t17-,21-,22-;/m1./s1. The van der Waals surface area contributed by atoms with Gasteiger partial charge in [-0.2, -0.15) is 0 Å². The molecule has 1 heterocycles. The summed E-state index contributed by atoms with van der Waals surface area (Å²) in [5, 5.41) is 12.8. The van der Waals surface area contributed by atoms with Gasteiger partial charge >= 0.3 is 11.9 Å². The van der Waals surface area contributed by atoms with E-state index in [0.717, 1.165) is 16.7 Å². The summed E-state index contributed by atoms with van der Waals surface area (Å²) in [5.74, 6) is -1.80. The van der Waals surface area contributed by atoms with Crippen molar-refractivity contribution in [3.05, 3.63) is 71.3 Å². The van der Waals surface area contributed by atoms with Gasteiger partial charge in [0.25, 0.3) is 0 Å². The Balaban J connectivity index is 0.00000385. The summed E-state index contributed by atoms with van der Waals surface area (Å²) >= 11 is 0. The molecule has 2 N–H and O–H groups in total. The molecule has 2 aromatic rings. The number of rotatable bonds is 9. The second-order valence-corrected chi connectivity index (χ2v) is 8.01. The van der Waals surface area contributed by atoms with Gasteiger partial charge in [-0.15, -0.1) is 12.4 Å². The molecule has 2 aromatic carbocycles. The Morgan fingerprint density at radius 2 is 1.73 bits per heavy atom. The zero-order valence-corrected chi connectivity index (χ0v) is 19.7. The lowest BCUT2D eigenvalue weighted by Crippen LogP contribution is -2.56. The molecular formula is C25H31ClN2O5. The topological polar surface area (TPSA) is 95.9 Å². The summed E-state index contributed by atoms with van der Waals surface area (Å²) in [5.41, 5.74) is 2.97. The van der Waals surface area contributed by atoms with Crippen LogP contribution in [0.1, 0.15) is 37.0 Å². The summed E-state index contributed by atoms with van der Waals surface area (Å²) in [7, 11) is 0. The van der Waals surface area contributed by atoms with Crippen LogP contribution in [-0.2, 0) is 38.5 Å². The maximum atomic E-state index is 13.3. The third kappa shape index (κ3) is 6.79. The first-order valence-corrected chi connectivity index (χ1v) is 11.0. The van der Waals surface area contributed by atoms with Crippen LogP contribution in [-0.4, -0.2) is 52.6 Å². The Morgan fingerprint density at radius 1 is 1.09 bits per heavy atom. The first-order valence-electron chi connectivity index (χ1n) is 11.0. The van der Waals surface area contributed by atoms with Crippen molar-refractivity contribution in [2.45, 2.75) is 57.8 Å². The van der Waals surface area contributed by atoms with Gasteiger partial charge in [-0.1, -0.05) is 54.6 Å². The van der Waals surface area contributed by atoms with Gasteiger partial charge in [-0.25, -0.2) is 4.79 Å². The first-order chi connectivity index (χ1) is 15.4. The predicted molar refractivity (Wildman–Crippen MR) is 127 cm³/mol. The van der Waals surface area contributed by atoms with E-state index >= 15 is 0 Å². The minimum atomic E-state index is -1.04. The number of esters is 1. The summed E-state index contributed by atoms with van der Waals surface area (Å²) < 4.78 is 5.20. The molecule has 0 bridgehead atoms. The number of nitrogens with one attached hydrogen (secondary N) is 1. The number of carboxylic acid groups (broad SMARTS) is 1. The second-order valence-electron chi connectivity index (χ2n) is 8.01. The highest BCUT2D eigenvalue weighted by Gasteiger charge is 2.37. The van der Waals surface area contributed by atoms with Crippen molar-refractivity contribution in [1.82, 2.24) is 10.2 Å². The highest BCUT2D eigenvalue weighted by Crippen LogP contribution is 2.24. The zero-order chi connectivity index (χ0) is 23.1. The van der Waals surface area contributed by atoms with E-state index in [4.69, 9.17) is 4.74 Å². The molecule has 7 nitrogen and oxygen atoms in total. The second kappa shape index (κ2) is 12.4. The van der Waals surface area contributed by atoms with Crippen LogP contribution in [0.15, 0.2) is 54.6 Å². The number of hydrogen-bond acceptors (Lipinski definition) is 5. The fraction of sp³-hybridized carbons (Fsp3) is 0.400. The first kappa shape index (κ1) is 26.4. The average molecular weight is 475 g/mol. The SMILES string of the molecule is CCOC(=O)[C@@H](CCc1ccccc1)N[C@H](C)C(=O)N1Cc2ccccc2C[C@@H]1C(=O)O.Cl. The normalized spacial score (nSPS) is 16.7. The summed E-state index contributed by atoms with van der Waals surface area (Å²) in [6, 6.07) is 15.0. The Labute approximate surface area is 200 Å². The minimum Gasteiger partial charge on any atom is -0.480 e. The monoisotopic (exact) mass is 474 g/mol. The smallest absolute Gasteiger partial charge is 0.326 e. The van der Waals surface area contributed by atoms with Crippen molar-refractivity contribution in [2.24, 2.45) is 0 Å². The molecule has 0 aliphatic carbocycles. The largest absolute Gasteiger partial charge is 0.480 e. The quantitative estimate of drug-likeness (QED) is 0.542. The number of aryl methyl sites for hydroxylation is 1. The third-order valence-electron chi connectivity index (χ3n) is 5.77. The van der Waals surface area contributed by atoms with Gasteiger partial charge in [0.2, 0.25) is 5.91 Å². The molecule has 1 aliphatic heterocycles. The van der Waals surface area contributed by atoms with Crippen molar-refractivity contribution in [2.75, 3.05) is 6.61 Å². The highest BCUT2D eigenvalue weighted by atomic mass is 35.5. The van der Waals surface area contributed by atoms with Gasteiger partial charge in [0.15, 0.2) is 0 Å². The number of carbonyl (C=O) groups excluding carboxylic acids is 2. The summed E-state index contributed by atoms with van der Waals surface area (Å²) in [4.78, 5) is 39.1. The number of nitrogens with zero attached hydrogens (tertiary/aromatic N) is 1. The van der Waals surface area contributed by atoms with Crippen molar-refractivity contribution in [3.8, 4) is 0 Å². The van der Waals surface area contributed by atoms with Crippen LogP contribution in [0.25, 0.3) is 0 Å². The highest BCUT2D eigenvalue weighted by molar-refractivity contribution is 5.88. The molecule has 0 fully saturated rings. The van der Waals surface area contributed by atoms with Gasteiger partial charge < -0.3 is 14.7 Å². The van der Waals surface area contributed by atoms with Gasteiger partial charge in [0, 0.05) is 13.0 Å². The van der Waals surface area contributed by atoms with Crippen LogP contribution in [0.5, 0.6) is 0 Å². The molecular weight excluding hydrogens is 444 g/mol. The number of halogens is 1. The van der Waals surface area contributed by atoms with Crippen LogP contribution in [0.3, 0.4) is 0 Å². The lowest BCUT2D eigenvalue weighted by Gasteiger charge is -2.36. The Morgan fingerprint density at radius 3 is 2.36 bits per heavy atom. The molecule has 3 rings (SSSR count). The van der Waals surface area contributed by atoms with E-state index in [1.807, 2.05) is 54.6 Å². The van der Waals surface area contributed by atoms with Gasteiger partial charge in [0.1, 0.15) is 12.1 Å². The van der Waals surface area contributed by atoms with Crippen LogP contribution in [0.4, 0.5) is 0 Å². The van der Waals surface area contributed by atoms with E-state index in [0.29, 0.717) is 12.8 Å². The number of amides is 1. The number of ether oxygens (including phenoxy) is 1. The van der Waals surface area contributed by atoms with Gasteiger partial charge in [0.05, 0.1) is 12.6 Å². The van der Waals surface area contributed by atoms with E-state index in [1.54, 1.807) is 13.8 Å². The Hall–Kier alpha value is -2.90. The maximum Gasteiger partial charge on any atom is 0.326 e. The van der Waals surface area contributed by atoms with E-state index in [-0.39, 0.29) is 37.9 Å². The lowest BCUT2D eigenvalue weighted by atomic mass is 9.93. The van der Waals surface area contributed by atoms with E-state index in [1.165, 1.54) is 4.90 Å². The molecule has 178 valence electrons. The Bertz CT molecular complexity index is 953. The number of carbonyl (C=O) groups is 3. The molecule has 0 unspecified atom stereocenters. The molecule has 33 heavy (non-hydrogen) atoms. The molecule has 8 heteroatoms. The third-order valence-corrected chi connectivity index (χ3v) is 5.77. The van der Waals surface area contributed by atoms with E-state index in [2.05, 4.69) is 5.32 Å². The molecule has 0 spiro atoms. The van der Waals surface area contributed by atoms with Crippen molar-refractivity contribution < 1.29 is 24.2 Å². The molecule has 0 saturated carbocycles. The maximum absolute atomic E-state index is 13.3. The molecule has 0 saturated heterocycles. The van der Waals surface area contributed by atoms with E-state index in [9.17, 15) is 19.5 Å². The fourth-order valence-electron chi connectivity index (χ4n) is 4.06. The van der Waals surface area contributed by atoms with Crippen LogP contribution < -0.4 is 5.32 Å². The summed E-state index contributed by atoms with van der Waals surface area (Å²) in [6.07, 6.45) is 1.37. The molecule has 3 atom stereocenters. The Kier molecular flexibility index (Phi) is 9.88. The average Bonchev–Trinajstić information content (AvgIpc) is 2.80. The summed E-state index contributed by atoms with van der Waals surface area (Å²) in [6.45, 7) is 3.88. The number of hydrogen-bond donors (Lipinski definition) is 2. The van der Waals surface area contributed by atoms with Crippen LogP contribution in [0.2, 0.25) is 0 Å². The van der Waals surface area contributed by atoms with Gasteiger partial charge in [-0.05, 0) is 43.4 Å². The zero-order valence-electron chi connectivity index (χ0n) is 18.9. The van der Waals surface area contributed by atoms with Gasteiger partial charge in [-0.3, -0.25) is 14.9 Å². The molecule has 1 amide bonds. The number of aliphatic carboxylic acids is 1.